The minimum atomic E-state index is -0.792. The Balaban J connectivity index is 1.28. The fourth-order valence-corrected chi connectivity index (χ4v) is 8.04. The first-order valence-corrected chi connectivity index (χ1v) is 24.2. The van der Waals surface area contributed by atoms with Crippen molar-refractivity contribution in [2.75, 3.05) is 0 Å². The summed E-state index contributed by atoms with van der Waals surface area (Å²) in [5, 5.41) is 0. The summed E-state index contributed by atoms with van der Waals surface area (Å²) in [6.45, 7) is 25.5. The topological polar surface area (TPSA) is 142 Å². The van der Waals surface area contributed by atoms with Crippen molar-refractivity contribution in [1.82, 2.24) is 0 Å². The minimum Gasteiger partial charge on any atom is -0.428 e. The third-order valence-corrected chi connectivity index (χ3v) is 11.6. The molecule has 0 aliphatic carbocycles. The minimum absolute atomic E-state index is 0.341. The molecule has 384 valence electrons. The second-order valence-corrected chi connectivity index (χ2v) is 22.2. The van der Waals surface area contributed by atoms with Gasteiger partial charge in [-0.05, 0) is 196 Å². The van der Waals surface area contributed by atoms with Crippen molar-refractivity contribution in [2.24, 2.45) is 0 Å². The predicted octanol–water partition coefficient (Wildman–Crippen LogP) is 15.2. The zero-order valence-electron chi connectivity index (χ0n) is 44.5. The molecule has 0 aliphatic rings. The first-order valence-electron chi connectivity index (χ1n) is 24.2. The zero-order valence-corrected chi connectivity index (χ0v) is 44.5. The zero-order chi connectivity index (χ0) is 53.6. The van der Waals surface area contributed by atoms with Crippen LogP contribution in [-0.4, -0.2) is 47.0 Å². The first-order chi connectivity index (χ1) is 34.0. The Morgan fingerprint density at radius 1 is 0.274 bits per heavy atom. The van der Waals surface area contributed by atoms with Crippen LogP contribution in [0.4, 0.5) is 19.2 Å². The molecule has 0 radical (unpaired) electrons. The Labute approximate surface area is 429 Å². The maximum absolute atomic E-state index is 12.5. The van der Waals surface area contributed by atoms with Crippen LogP contribution < -0.4 is 18.9 Å². The third kappa shape index (κ3) is 15.2. The molecule has 0 N–H and O–H groups in total. The molecule has 0 saturated carbocycles. The van der Waals surface area contributed by atoms with Crippen LogP contribution in [-0.2, 0) is 36.2 Å². The summed E-state index contributed by atoms with van der Waals surface area (Å²) in [6.07, 6.45) is -2.52. The Bertz CT molecular complexity index is 2490. The average molecular weight is 993 g/mol. The molecule has 0 aromatic heterocycles. The SMILES string of the molecule is CC(C)(C)OC(=O)Oc1ccc(C(C)(c2ccc(Cc3ccc(C(C)(c4ccc(OC(=O)OC(C)(C)C)cc4)c4ccc(OC(=O)OC(C)(C)C)cc4)cc3)cc2)c2ccc(OC(=O)OC(C)(C)C)cc2)cc1. The van der Waals surface area contributed by atoms with Crippen LogP contribution in [0.25, 0.3) is 0 Å². The third-order valence-electron chi connectivity index (χ3n) is 11.6. The lowest BCUT2D eigenvalue weighted by Crippen LogP contribution is -2.27. The molecule has 0 atom stereocenters. The van der Waals surface area contributed by atoms with E-state index in [0.717, 1.165) is 44.5 Å². The molecule has 6 aromatic rings. The van der Waals surface area contributed by atoms with Gasteiger partial charge in [-0.3, -0.25) is 0 Å². The monoisotopic (exact) mass is 992 g/mol. The van der Waals surface area contributed by atoms with Gasteiger partial charge in [-0.1, -0.05) is 97.1 Å². The Hall–Kier alpha value is -7.60. The summed E-state index contributed by atoms with van der Waals surface area (Å²) in [5.74, 6) is 1.37. The van der Waals surface area contributed by atoms with E-state index in [2.05, 4.69) is 62.4 Å². The maximum Gasteiger partial charge on any atom is 0.514 e. The Morgan fingerprint density at radius 2 is 0.438 bits per heavy atom. The highest BCUT2D eigenvalue weighted by molar-refractivity contribution is 5.67. The smallest absolute Gasteiger partial charge is 0.428 e. The quantitative estimate of drug-likeness (QED) is 0.0498. The van der Waals surface area contributed by atoms with E-state index in [0.29, 0.717) is 29.4 Å². The van der Waals surface area contributed by atoms with Crippen LogP contribution in [0, 0.1) is 0 Å². The molecular formula is C61H68O12. The van der Waals surface area contributed by atoms with Crippen LogP contribution in [0.15, 0.2) is 146 Å². The molecule has 12 nitrogen and oxygen atoms in total. The highest BCUT2D eigenvalue weighted by Gasteiger charge is 2.34. The molecule has 73 heavy (non-hydrogen) atoms. The molecule has 0 unspecified atom stereocenters. The molecule has 12 heteroatoms. The lowest BCUT2D eigenvalue weighted by molar-refractivity contribution is 0.0193. The number of carbonyl (C=O) groups excluding carboxylic acids is 4. The highest BCUT2D eigenvalue weighted by atomic mass is 16.7. The fraction of sp³-hybridized carbons (Fsp3) is 0.344. The van der Waals surface area contributed by atoms with Gasteiger partial charge in [-0.25, -0.2) is 19.2 Å². The van der Waals surface area contributed by atoms with Gasteiger partial charge in [0.05, 0.1) is 0 Å². The second kappa shape index (κ2) is 21.6. The fourth-order valence-electron chi connectivity index (χ4n) is 8.04. The van der Waals surface area contributed by atoms with Crippen molar-refractivity contribution in [1.29, 1.82) is 0 Å². The molecule has 0 heterocycles. The van der Waals surface area contributed by atoms with Crippen LogP contribution in [0.3, 0.4) is 0 Å². The molecule has 0 bridgehead atoms. The van der Waals surface area contributed by atoms with Gasteiger partial charge in [0.2, 0.25) is 0 Å². The highest BCUT2D eigenvalue weighted by Crippen LogP contribution is 2.42. The van der Waals surface area contributed by atoms with Crippen molar-refractivity contribution in [3.63, 3.8) is 0 Å². The molecule has 6 aromatic carbocycles. The van der Waals surface area contributed by atoms with E-state index in [1.807, 2.05) is 48.5 Å². The second-order valence-electron chi connectivity index (χ2n) is 22.2. The largest absolute Gasteiger partial charge is 0.514 e. The van der Waals surface area contributed by atoms with E-state index < -0.39 is 57.9 Å². The lowest BCUT2D eigenvalue weighted by Gasteiger charge is -2.32. The molecule has 6 rings (SSSR count). The summed E-state index contributed by atoms with van der Waals surface area (Å²) in [4.78, 5) is 50.0. The molecule has 0 saturated heterocycles. The van der Waals surface area contributed by atoms with Crippen molar-refractivity contribution in [2.45, 2.75) is 137 Å². The number of benzene rings is 6. The number of ether oxygens (including phenoxy) is 8. The van der Waals surface area contributed by atoms with E-state index in [-0.39, 0.29) is 0 Å². The van der Waals surface area contributed by atoms with E-state index in [1.54, 1.807) is 132 Å². The van der Waals surface area contributed by atoms with E-state index >= 15 is 0 Å². The van der Waals surface area contributed by atoms with Gasteiger partial charge in [0, 0.05) is 10.8 Å². The Kier molecular flexibility index (Phi) is 16.2. The van der Waals surface area contributed by atoms with Gasteiger partial charge in [0.15, 0.2) is 0 Å². The summed E-state index contributed by atoms with van der Waals surface area (Å²) < 4.78 is 43.4. The van der Waals surface area contributed by atoms with E-state index in [9.17, 15) is 19.2 Å². The van der Waals surface area contributed by atoms with Crippen molar-refractivity contribution in [3.8, 4) is 23.0 Å². The van der Waals surface area contributed by atoms with Gasteiger partial charge < -0.3 is 37.9 Å². The molecular weight excluding hydrogens is 925 g/mol. The molecule has 0 spiro atoms. The number of hydrogen-bond acceptors (Lipinski definition) is 12. The predicted molar refractivity (Wildman–Crippen MR) is 280 cm³/mol. The van der Waals surface area contributed by atoms with Crippen LogP contribution in [0.5, 0.6) is 23.0 Å². The standard InChI is InChI=1S/C61H68O12/c1-56(2,3)70-52(62)66-48-31-23-44(24-32-48)60(13,45-25-33-49(34-26-45)67-53(63)71-57(4,5)6)42-19-15-40(16-20-42)39-41-17-21-43(22-18-41)61(14,46-27-35-50(36-28-46)68-54(64)72-58(7,8)9)47-29-37-51(38-30-47)69-55(65)73-59(10,11)12/h15-38H,39H2,1-14H3. The number of rotatable bonds is 12. The number of hydrogen-bond donors (Lipinski definition) is 0. The van der Waals surface area contributed by atoms with Crippen molar-refractivity contribution >= 4 is 24.6 Å². The summed E-state index contributed by atoms with van der Waals surface area (Å²) in [7, 11) is 0. The normalized spacial score (nSPS) is 12.2. The van der Waals surface area contributed by atoms with Gasteiger partial charge >= 0.3 is 24.6 Å². The van der Waals surface area contributed by atoms with E-state index in [4.69, 9.17) is 37.9 Å². The molecule has 0 fully saturated rings. The van der Waals surface area contributed by atoms with Gasteiger partial charge in [0.1, 0.15) is 45.4 Å². The summed E-state index contributed by atoms with van der Waals surface area (Å²) >= 11 is 0. The lowest BCUT2D eigenvalue weighted by atomic mass is 9.70. The first kappa shape index (κ1) is 54.7. The summed E-state index contributed by atoms with van der Waals surface area (Å²) in [5.41, 5.74) is 3.61. The van der Waals surface area contributed by atoms with E-state index in [1.165, 1.54) is 0 Å². The number of carbonyl (C=O) groups is 4. The molecule has 0 amide bonds. The maximum atomic E-state index is 12.5. The van der Waals surface area contributed by atoms with Gasteiger partial charge in [-0.15, -0.1) is 0 Å². The van der Waals surface area contributed by atoms with Crippen LogP contribution in [0.2, 0.25) is 0 Å². The van der Waals surface area contributed by atoms with Crippen molar-refractivity contribution < 1.29 is 57.1 Å². The van der Waals surface area contributed by atoms with Gasteiger partial charge in [0.25, 0.3) is 0 Å². The van der Waals surface area contributed by atoms with Crippen LogP contribution >= 0.6 is 0 Å². The van der Waals surface area contributed by atoms with Crippen LogP contribution in [0.1, 0.15) is 141 Å². The average Bonchev–Trinajstić information content (AvgIpc) is 3.27. The van der Waals surface area contributed by atoms with Gasteiger partial charge in [-0.2, -0.15) is 0 Å². The van der Waals surface area contributed by atoms with Crippen molar-refractivity contribution in [3.05, 3.63) is 190 Å². The Morgan fingerprint density at radius 3 is 0.603 bits per heavy atom. The summed E-state index contributed by atoms with van der Waals surface area (Å²) in [6, 6.07) is 46.3. The molecule has 0 aliphatic heterocycles.